The molecule has 2 aromatic carbocycles. The smallest absolute Gasteiger partial charge is 0.120 e. The van der Waals surface area contributed by atoms with E-state index in [0.717, 1.165) is 27.8 Å². The van der Waals surface area contributed by atoms with Crippen LogP contribution in [0.15, 0.2) is 48.7 Å². The van der Waals surface area contributed by atoms with Gasteiger partial charge in [-0.25, -0.2) is 0 Å². The first kappa shape index (κ1) is 18.5. The third-order valence-corrected chi connectivity index (χ3v) is 4.85. The Morgan fingerprint density at radius 3 is 2.62 bits per heavy atom. The standard InChI is InChI=1S/C21H24ClN3O/c1-21(2,3)25(4)13-14-11-16(6-8-20(14)26)24-18-9-10-23-19-12-15(22)5-7-17(18)19/h5-12,26H,13H2,1-4H3,(H,23,24). The van der Waals surface area contributed by atoms with Gasteiger partial charge in [-0.1, -0.05) is 11.6 Å². The molecule has 2 N–H and O–H groups in total. The van der Waals surface area contributed by atoms with Gasteiger partial charge >= 0.3 is 0 Å². The number of nitrogens with zero attached hydrogens (tertiary/aromatic N) is 2. The van der Waals surface area contributed by atoms with E-state index in [1.54, 1.807) is 12.3 Å². The van der Waals surface area contributed by atoms with E-state index in [1.165, 1.54) is 0 Å². The highest BCUT2D eigenvalue weighted by Crippen LogP contribution is 2.30. The molecular formula is C21H24ClN3O. The van der Waals surface area contributed by atoms with Gasteiger partial charge in [0.15, 0.2) is 0 Å². The van der Waals surface area contributed by atoms with Gasteiger partial charge in [0.05, 0.1) is 5.52 Å². The molecule has 0 aliphatic carbocycles. The molecule has 26 heavy (non-hydrogen) atoms. The second-order valence-corrected chi connectivity index (χ2v) is 7.95. The molecule has 136 valence electrons. The number of benzene rings is 2. The predicted molar refractivity (Wildman–Crippen MR) is 109 cm³/mol. The molecule has 0 saturated carbocycles. The van der Waals surface area contributed by atoms with Gasteiger partial charge in [0.2, 0.25) is 0 Å². The lowest BCUT2D eigenvalue weighted by Gasteiger charge is -2.32. The van der Waals surface area contributed by atoms with Crippen molar-refractivity contribution in [3.05, 3.63) is 59.2 Å². The SMILES string of the molecule is CN(Cc1cc(Nc2ccnc3cc(Cl)ccc23)ccc1O)C(C)(C)C. The van der Waals surface area contributed by atoms with Crippen molar-refractivity contribution in [1.82, 2.24) is 9.88 Å². The van der Waals surface area contributed by atoms with Crippen LogP contribution in [0.4, 0.5) is 11.4 Å². The van der Waals surface area contributed by atoms with Crippen LogP contribution in [-0.4, -0.2) is 27.6 Å². The lowest BCUT2D eigenvalue weighted by atomic mass is 10.0. The Morgan fingerprint density at radius 2 is 1.88 bits per heavy atom. The zero-order valence-electron chi connectivity index (χ0n) is 15.5. The number of phenols is 1. The summed E-state index contributed by atoms with van der Waals surface area (Å²) < 4.78 is 0. The summed E-state index contributed by atoms with van der Waals surface area (Å²) in [6, 6.07) is 13.2. The molecule has 0 atom stereocenters. The Morgan fingerprint density at radius 1 is 1.12 bits per heavy atom. The van der Waals surface area contributed by atoms with Gasteiger partial charge in [0, 0.05) is 45.6 Å². The number of nitrogens with one attached hydrogen (secondary N) is 1. The van der Waals surface area contributed by atoms with Crippen molar-refractivity contribution < 1.29 is 5.11 Å². The lowest BCUT2D eigenvalue weighted by molar-refractivity contribution is 0.166. The summed E-state index contributed by atoms with van der Waals surface area (Å²) in [6.07, 6.45) is 1.76. The third-order valence-electron chi connectivity index (χ3n) is 4.62. The number of phenolic OH excluding ortho intramolecular Hbond substituents is 1. The number of anilines is 2. The minimum Gasteiger partial charge on any atom is -0.508 e. The fourth-order valence-corrected chi connectivity index (χ4v) is 2.83. The fourth-order valence-electron chi connectivity index (χ4n) is 2.67. The van der Waals surface area contributed by atoms with Crippen molar-refractivity contribution in [2.24, 2.45) is 0 Å². The molecule has 0 bridgehead atoms. The van der Waals surface area contributed by atoms with E-state index in [-0.39, 0.29) is 5.54 Å². The van der Waals surface area contributed by atoms with Gasteiger partial charge in [-0.15, -0.1) is 0 Å². The number of hydrogen-bond acceptors (Lipinski definition) is 4. The molecule has 1 heterocycles. The van der Waals surface area contributed by atoms with Crippen molar-refractivity contribution in [1.29, 1.82) is 0 Å². The van der Waals surface area contributed by atoms with Gasteiger partial charge in [0.25, 0.3) is 0 Å². The van der Waals surface area contributed by atoms with Crippen molar-refractivity contribution in [2.75, 3.05) is 12.4 Å². The van der Waals surface area contributed by atoms with Crippen LogP contribution in [0.3, 0.4) is 0 Å². The first-order valence-electron chi connectivity index (χ1n) is 8.58. The average molecular weight is 370 g/mol. The highest BCUT2D eigenvalue weighted by molar-refractivity contribution is 6.31. The maximum Gasteiger partial charge on any atom is 0.120 e. The molecular weight excluding hydrogens is 346 g/mol. The number of pyridine rings is 1. The van der Waals surface area contributed by atoms with Crippen molar-refractivity contribution in [2.45, 2.75) is 32.9 Å². The number of aromatic nitrogens is 1. The van der Waals surface area contributed by atoms with Crippen LogP contribution < -0.4 is 5.32 Å². The van der Waals surface area contributed by atoms with Gasteiger partial charge in [-0.05, 0) is 70.3 Å². The number of halogens is 1. The summed E-state index contributed by atoms with van der Waals surface area (Å²) in [7, 11) is 2.06. The van der Waals surface area contributed by atoms with Crippen molar-refractivity contribution >= 4 is 33.9 Å². The molecule has 0 unspecified atom stereocenters. The van der Waals surface area contributed by atoms with E-state index < -0.39 is 0 Å². The summed E-state index contributed by atoms with van der Waals surface area (Å²) in [6.45, 7) is 7.12. The normalized spacial score (nSPS) is 11.9. The summed E-state index contributed by atoms with van der Waals surface area (Å²) in [4.78, 5) is 6.58. The molecule has 3 rings (SSSR count). The molecule has 0 fully saturated rings. The molecule has 4 nitrogen and oxygen atoms in total. The Balaban J connectivity index is 1.91. The zero-order chi connectivity index (χ0) is 18.9. The first-order valence-corrected chi connectivity index (χ1v) is 8.96. The minimum atomic E-state index is 0.0242. The summed E-state index contributed by atoms with van der Waals surface area (Å²) >= 11 is 6.06. The average Bonchev–Trinajstić information content (AvgIpc) is 2.57. The Labute approximate surface area is 159 Å². The van der Waals surface area contributed by atoms with Crippen LogP contribution in [0.2, 0.25) is 5.02 Å². The number of hydrogen-bond donors (Lipinski definition) is 2. The molecule has 0 aliphatic heterocycles. The number of aromatic hydroxyl groups is 1. The molecule has 0 spiro atoms. The van der Waals surface area contributed by atoms with Crippen LogP contribution in [-0.2, 0) is 6.54 Å². The number of fused-ring (bicyclic) bond motifs is 1. The maximum atomic E-state index is 10.2. The summed E-state index contributed by atoms with van der Waals surface area (Å²) in [5.41, 5.74) is 3.62. The molecule has 0 aliphatic rings. The molecule has 0 amide bonds. The molecule has 3 aromatic rings. The van der Waals surface area contributed by atoms with E-state index in [9.17, 15) is 5.11 Å². The minimum absolute atomic E-state index is 0.0242. The van der Waals surface area contributed by atoms with Crippen molar-refractivity contribution in [3.8, 4) is 5.75 Å². The largest absolute Gasteiger partial charge is 0.508 e. The summed E-state index contributed by atoms with van der Waals surface area (Å²) in [5, 5.41) is 15.3. The Kier molecular flexibility index (Phi) is 5.08. The van der Waals surface area contributed by atoms with E-state index in [0.29, 0.717) is 17.3 Å². The van der Waals surface area contributed by atoms with Gasteiger partial charge in [-0.3, -0.25) is 9.88 Å². The maximum absolute atomic E-state index is 10.2. The van der Waals surface area contributed by atoms with Gasteiger partial charge < -0.3 is 10.4 Å². The van der Waals surface area contributed by atoms with Crippen LogP contribution in [0, 0.1) is 0 Å². The van der Waals surface area contributed by atoms with Gasteiger partial charge in [-0.2, -0.15) is 0 Å². The summed E-state index contributed by atoms with van der Waals surface area (Å²) in [5.74, 6) is 0.304. The Hall–Kier alpha value is -2.30. The molecule has 0 radical (unpaired) electrons. The fraction of sp³-hybridized carbons (Fsp3) is 0.286. The molecule has 0 saturated heterocycles. The zero-order valence-corrected chi connectivity index (χ0v) is 16.3. The van der Waals surface area contributed by atoms with Crippen molar-refractivity contribution in [3.63, 3.8) is 0 Å². The van der Waals surface area contributed by atoms with E-state index in [2.05, 4.69) is 43.0 Å². The molecule has 1 aromatic heterocycles. The first-order chi connectivity index (χ1) is 12.2. The Bertz CT molecular complexity index is 934. The van der Waals surface area contributed by atoms with Crippen LogP contribution in [0.5, 0.6) is 5.75 Å². The monoisotopic (exact) mass is 369 g/mol. The van der Waals surface area contributed by atoms with Crippen LogP contribution >= 0.6 is 11.6 Å². The molecule has 5 heteroatoms. The van der Waals surface area contributed by atoms with Gasteiger partial charge in [0.1, 0.15) is 5.75 Å². The van der Waals surface area contributed by atoms with Crippen LogP contribution in [0.25, 0.3) is 10.9 Å². The van der Waals surface area contributed by atoms with E-state index >= 15 is 0 Å². The predicted octanol–water partition coefficient (Wildman–Crippen LogP) is 5.57. The topological polar surface area (TPSA) is 48.4 Å². The number of rotatable bonds is 4. The van der Waals surface area contributed by atoms with E-state index in [4.69, 9.17) is 11.6 Å². The second-order valence-electron chi connectivity index (χ2n) is 7.52. The highest BCUT2D eigenvalue weighted by atomic mass is 35.5. The third kappa shape index (κ3) is 4.09. The second kappa shape index (κ2) is 7.14. The van der Waals surface area contributed by atoms with E-state index in [1.807, 2.05) is 36.4 Å². The lowest BCUT2D eigenvalue weighted by Crippen LogP contribution is -2.37. The highest BCUT2D eigenvalue weighted by Gasteiger charge is 2.18. The quantitative estimate of drug-likeness (QED) is 0.590. The van der Waals surface area contributed by atoms with Crippen LogP contribution in [0.1, 0.15) is 26.3 Å².